The van der Waals surface area contributed by atoms with Crippen LogP contribution in [0.4, 0.5) is 0 Å². The molecule has 0 aromatic carbocycles. The molecule has 2 aromatic rings. The SMILES string of the molecule is O=c1cc(CC2=C3C=CC=CC3CC=C2)c(C2CC2)c2n1[C@H](c1nnn[nH]1)CS2. The molecule has 0 amide bonds. The summed E-state index contributed by atoms with van der Waals surface area (Å²) in [5.74, 6) is 2.49. The molecule has 1 saturated carbocycles. The van der Waals surface area contributed by atoms with Crippen molar-refractivity contribution in [3.8, 4) is 0 Å². The van der Waals surface area contributed by atoms with E-state index in [9.17, 15) is 4.79 Å². The maximum absolute atomic E-state index is 13.2. The molecule has 146 valence electrons. The molecule has 2 atom stereocenters. The largest absolute Gasteiger partial charge is 0.291 e. The topological polar surface area (TPSA) is 76.5 Å². The summed E-state index contributed by atoms with van der Waals surface area (Å²) in [5, 5.41) is 15.4. The number of tetrazole rings is 1. The highest BCUT2D eigenvalue weighted by Gasteiger charge is 2.37. The fourth-order valence-electron chi connectivity index (χ4n) is 4.76. The minimum absolute atomic E-state index is 0.0480. The minimum atomic E-state index is -0.114. The first-order chi connectivity index (χ1) is 14.3. The van der Waals surface area contributed by atoms with E-state index < -0.39 is 0 Å². The second-order valence-corrected chi connectivity index (χ2v) is 9.14. The van der Waals surface area contributed by atoms with Crippen LogP contribution in [0.25, 0.3) is 0 Å². The average molecular weight is 404 g/mol. The lowest BCUT2D eigenvalue weighted by molar-refractivity contribution is 0.557. The van der Waals surface area contributed by atoms with Crippen LogP contribution in [-0.2, 0) is 6.42 Å². The number of fused-ring (bicyclic) bond motifs is 2. The van der Waals surface area contributed by atoms with Crippen LogP contribution < -0.4 is 5.56 Å². The highest BCUT2D eigenvalue weighted by atomic mass is 32.2. The number of nitrogens with one attached hydrogen (secondary N) is 1. The summed E-state index contributed by atoms with van der Waals surface area (Å²) >= 11 is 1.77. The van der Waals surface area contributed by atoms with Crippen molar-refractivity contribution >= 4 is 11.8 Å². The lowest BCUT2D eigenvalue weighted by Gasteiger charge is -2.24. The molecule has 1 aliphatic heterocycles. The fraction of sp³-hybridized carbons (Fsp3) is 0.364. The van der Waals surface area contributed by atoms with Gasteiger partial charge in [-0.2, -0.15) is 0 Å². The van der Waals surface area contributed by atoms with Crippen LogP contribution in [0, 0.1) is 5.92 Å². The third-order valence-corrected chi connectivity index (χ3v) is 7.45. The van der Waals surface area contributed by atoms with E-state index in [-0.39, 0.29) is 11.6 Å². The highest BCUT2D eigenvalue weighted by molar-refractivity contribution is 7.99. The zero-order chi connectivity index (χ0) is 19.4. The summed E-state index contributed by atoms with van der Waals surface area (Å²) < 4.78 is 1.91. The third kappa shape index (κ3) is 2.87. The van der Waals surface area contributed by atoms with E-state index in [1.807, 2.05) is 10.6 Å². The van der Waals surface area contributed by atoms with Gasteiger partial charge in [0, 0.05) is 17.7 Å². The number of allylic oxidation sites excluding steroid dienone is 8. The Balaban J connectivity index is 1.45. The zero-order valence-electron chi connectivity index (χ0n) is 15.9. The number of nitrogens with zero attached hydrogens (tertiary/aromatic N) is 4. The number of hydrogen-bond acceptors (Lipinski definition) is 5. The molecule has 2 aromatic heterocycles. The van der Waals surface area contributed by atoms with Crippen LogP contribution >= 0.6 is 11.8 Å². The number of aromatic amines is 1. The summed E-state index contributed by atoms with van der Waals surface area (Å²) in [6, 6.07) is 1.75. The van der Waals surface area contributed by atoms with Crippen molar-refractivity contribution in [1.82, 2.24) is 25.2 Å². The maximum Gasteiger partial charge on any atom is 0.252 e. The van der Waals surface area contributed by atoms with Gasteiger partial charge in [-0.15, -0.1) is 16.9 Å². The molecular weight excluding hydrogens is 382 g/mol. The Morgan fingerprint density at radius 3 is 3.00 bits per heavy atom. The van der Waals surface area contributed by atoms with E-state index in [0.29, 0.717) is 17.7 Å². The number of thioether (sulfide) groups is 1. The monoisotopic (exact) mass is 403 g/mol. The van der Waals surface area contributed by atoms with E-state index in [4.69, 9.17) is 0 Å². The molecule has 1 N–H and O–H groups in total. The molecule has 6 nitrogen and oxygen atoms in total. The summed E-state index contributed by atoms with van der Waals surface area (Å²) in [5.41, 5.74) is 5.36. The second-order valence-electron chi connectivity index (χ2n) is 8.13. The van der Waals surface area contributed by atoms with Crippen LogP contribution in [0.15, 0.2) is 63.5 Å². The Morgan fingerprint density at radius 1 is 1.24 bits per heavy atom. The first-order valence-electron chi connectivity index (χ1n) is 10.2. The highest BCUT2D eigenvalue weighted by Crippen LogP contribution is 2.49. The first-order valence-corrected chi connectivity index (χ1v) is 11.2. The molecule has 29 heavy (non-hydrogen) atoms. The number of hydrogen-bond donors (Lipinski definition) is 1. The van der Waals surface area contributed by atoms with Gasteiger partial charge in [0.25, 0.3) is 5.56 Å². The van der Waals surface area contributed by atoms with Crippen molar-refractivity contribution < 1.29 is 0 Å². The zero-order valence-corrected chi connectivity index (χ0v) is 16.7. The van der Waals surface area contributed by atoms with Crippen LogP contribution in [0.2, 0.25) is 0 Å². The standard InChI is InChI=1S/C22H21N5OS/c28-19-11-16(10-15-6-3-5-13-4-1-2-7-17(13)15)20(14-8-9-14)22-27(19)18(12-29-22)21-23-25-26-24-21/h1-4,6-7,11,13-14,18H,5,8-10,12H2,(H,23,24,25,26)/t13?,18-/m0/s1. The van der Waals surface area contributed by atoms with E-state index in [1.54, 1.807) is 11.8 Å². The Kier molecular flexibility index (Phi) is 3.97. The van der Waals surface area contributed by atoms with Crippen molar-refractivity contribution in [2.75, 3.05) is 5.75 Å². The molecule has 1 unspecified atom stereocenters. The fourth-order valence-corrected chi connectivity index (χ4v) is 6.19. The maximum atomic E-state index is 13.2. The van der Waals surface area contributed by atoms with Crippen LogP contribution in [0.1, 0.15) is 48.2 Å². The van der Waals surface area contributed by atoms with Crippen molar-refractivity contribution in [3.05, 3.63) is 81.0 Å². The first kappa shape index (κ1) is 17.2. The molecule has 3 aliphatic carbocycles. The van der Waals surface area contributed by atoms with Gasteiger partial charge in [-0.25, -0.2) is 5.10 Å². The predicted molar refractivity (Wildman–Crippen MR) is 112 cm³/mol. The van der Waals surface area contributed by atoms with E-state index in [0.717, 1.165) is 23.6 Å². The normalized spacial score (nSPS) is 24.8. The molecule has 3 heterocycles. The lowest BCUT2D eigenvalue weighted by atomic mass is 9.82. The van der Waals surface area contributed by atoms with Gasteiger partial charge in [-0.3, -0.25) is 9.36 Å². The van der Waals surface area contributed by atoms with Crippen LogP contribution in [0.3, 0.4) is 0 Å². The van der Waals surface area contributed by atoms with E-state index >= 15 is 0 Å². The molecule has 0 radical (unpaired) electrons. The van der Waals surface area contributed by atoms with Gasteiger partial charge in [0.05, 0.1) is 5.03 Å². The van der Waals surface area contributed by atoms with Gasteiger partial charge in [0.1, 0.15) is 6.04 Å². The van der Waals surface area contributed by atoms with Gasteiger partial charge in [-0.05, 0) is 64.3 Å². The Labute approximate surface area is 172 Å². The molecule has 6 rings (SSSR count). The summed E-state index contributed by atoms with van der Waals surface area (Å²) in [4.78, 5) is 13.2. The van der Waals surface area contributed by atoms with Gasteiger partial charge in [0.15, 0.2) is 5.82 Å². The summed E-state index contributed by atoms with van der Waals surface area (Å²) in [6.07, 6.45) is 17.6. The van der Waals surface area contributed by atoms with Gasteiger partial charge >= 0.3 is 0 Å². The number of rotatable bonds is 4. The van der Waals surface area contributed by atoms with E-state index in [1.165, 1.54) is 35.1 Å². The smallest absolute Gasteiger partial charge is 0.252 e. The molecule has 0 spiro atoms. The predicted octanol–water partition coefficient (Wildman–Crippen LogP) is 3.48. The quantitative estimate of drug-likeness (QED) is 0.846. The number of H-pyrrole nitrogens is 1. The van der Waals surface area contributed by atoms with Gasteiger partial charge < -0.3 is 0 Å². The molecule has 0 bridgehead atoms. The Bertz CT molecular complexity index is 1150. The molecule has 1 fully saturated rings. The van der Waals surface area contributed by atoms with E-state index in [2.05, 4.69) is 57.1 Å². The van der Waals surface area contributed by atoms with Crippen molar-refractivity contribution in [2.45, 2.75) is 42.7 Å². The third-order valence-electron chi connectivity index (χ3n) is 6.27. The molecule has 4 aliphatic rings. The van der Waals surface area contributed by atoms with Crippen LogP contribution in [-0.4, -0.2) is 30.9 Å². The van der Waals surface area contributed by atoms with Gasteiger partial charge in [0.2, 0.25) is 0 Å². The minimum Gasteiger partial charge on any atom is -0.291 e. The average Bonchev–Trinajstić information content (AvgIpc) is 3.24. The second kappa shape index (κ2) is 6.69. The summed E-state index contributed by atoms with van der Waals surface area (Å²) in [7, 11) is 0. The number of aromatic nitrogens is 5. The van der Waals surface area contributed by atoms with Crippen LogP contribution in [0.5, 0.6) is 0 Å². The van der Waals surface area contributed by atoms with Crippen molar-refractivity contribution in [2.24, 2.45) is 5.92 Å². The number of pyridine rings is 1. The van der Waals surface area contributed by atoms with Crippen molar-refractivity contribution in [3.63, 3.8) is 0 Å². The lowest BCUT2D eigenvalue weighted by Crippen LogP contribution is -2.26. The molecule has 0 saturated heterocycles. The van der Waals surface area contributed by atoms with Crippen molar-refractivity contribution in [1.29, 1.82) is 0 Å². The molecular formula is C22H21N5OS. The van der Waals surface area contributed by atoms with Gasteiger partial charge in [-0.1, -0.05) is 36.5 Å². The Morgan fingerprint density at radius 2 is 2.17 bits per heavy atom. The Hall–Kier alpha value is -2.67. The summed E-state index contributed by atoms with van der Waals surface area (Å²) in [6.45, 7) is 0. The molecule has 7 heteroatoms.